The summed E-state index contributed by atoms with van der Waals surface area (Å²) < 4.78 is 0. The lowest BCUT2D eigenvalue weighted by atomic mass is 10.1. The summed E-state index contributed by atoms with van der Waals surface area (Å²) in [5.74, 6) is -0.314. The van der Waals surface area contributed by atoms with E-state index in [2.05, 4.69) is 16.0 Å². The fraction of sp³-hybridized carbons (Fsp3) is 0.467. The van der Waals surface area contributed by atoms with E-state index in [9.17, 15) is 9.59 Å². The molecule has 5 heteroatoms. The zero-order chi connectivity index (χ0) is 15.0. The highest BCUT2D eigenvalue weighted by atomic mass is 16.2. The maximum absolute atomic E-state index is 12.0. The monoisotopic (exact) mass is 277 g/mol. The number of carbonyl (C=O) groups is 2. The van der Waals surface area contributed by atoms with Crippen LogP contribution in [0, 0.1) is 5.92 Å². The fourth-order valence-corrected chi connectivity index (χ4v) is 1.72. The Labute approximate surface area is 120 Å². The Morgan fingerprint density at radius 3 is 2.60 bits per heavy atom. The van der Waals surface area contributed by atoms with Gasteiger partial charge in [0, 0.05) is 30.3 Å². The van der Waals surface area contributed by atoms with Crippen LogP contribution in [0.4, 0.5) is 5.69 Å². The minimum atomic E-state index is -0.135. The largest absolute Gasteiger partial charge is 0.352 e. The molecule has 1 rings (SSSR count). The molecule has 0 saturated carbocycles. The van der Waals surface area contributed by atoms with Crippen LogP contribution in [0.3, 0.4) is 0 Å². The summed E-state index contributed by atoms with van der Waals surface area (Å²) in [5.41, 5.74) is 1.19. The van der Waals surface area contributed by atoms with Gasteiger partial charge in [-0.25, -0.2) is 0 Å². The minimum absolute atomic E-state index is 0.0565. The lowest BCUT2D eigenvalue weighted by Crippen LogP contribution is -2.30. The third kappa shape index (κ3) is 5.01. The molecular weight excluding hydrogens is 254 g/mol. The third-order valence-electron chi connectivity index (χ3n) is 2.88. The minimum Gasteiger partial charge on any atom is -0.352 e. The van der Waals surface area contributed by atoms with Gasteiger partial charge in [-0.2, -0.15) is 0 Å². The standard InChI is InChI=1S/C15H23N3O2/c1-4-16-10-11(3)14(19)18-13-8-6-7-12(9-13)15(20)17-5-2/h6-9,11,16H,4-5,10H2,1-3H3,(H,17,20)(H,18,19). The number of nitrogens with one attached hydrogen (secondary N) is 3. The lowest BCUT2D eigenvalue weighted by Gasteiger charge is -2.13. The van der Waals surface area contributed by atoms with Gasteiger partial charge < -0.3 is 16.0 Å². The van der Waals surface area contributed by atoms with Crippen molar-refractivity contribution in [1.82, 2.24) is 10.6 Å². The first kappa shape index (κ1) is 16.2. The molecule has 0 radical (unpaired) electrons. The van der Waals surface area contributed by atoms with Crippen molar-refractivity contribution >= 4 is 17.5 Å². The van der Waals surface area contributed by atoms with Crippen molar-refractivity contribution in [2.45, 2.75) is 20.8 Å². The summed E-state index contributed by atoms with van der Waals surface area (Å²) in [6, 6.07) is 6.95. The van der Waals surface area contributed by atoms with Gasteiger partial charge in [0.15, 0.2) is 0 Å². The molecule has 3 N–H and O–H groups in total. The van der Waals surface area contributed by atoms with E-state index >= 15 is 0 Å². The van der Waals surface area contributed by atoms with Crippen LogP contribution in [-0.4, -0.2) is 31.4 Å². The zero-order valence-corrected chi connectivity index (χ0v) is 12.3. The second-order valence-corrected chi connectivity index (χ2v) is 4.64. The smallest absolute Gasteiger partial charge is 0.251 e. The molecule has 1 aromatic rings. The summed E-state index contributed by atoms with van der Waals surface area (Å²) in [7, 11) is 0. The molecule has 0 spiro atoms. The van der Waals surface area contributed by atoms with Crippen molar-refractivity contribution in [3.8, 4) is 0 Å². The second kappa shape index (κ2) is 8.32. The number of carbonyl (C=O) groups excluding carboxylic acids is 2. The zero-order valence-electron chi connectivity index (χ0n) is 12.3. The molecular formula is C15H23N3O2. The van der Waals surface area contributed by atoms with E-state index in [1.54, 1.807) is 24.3 Å². The molecule has 1 aromatic carbocycles. The van der Waals surface area contributed by atoms with Crippen LogP contribution >= 0.6 is 0 Å². The first-order valence-corrected chi connectivity index (χ1v) is 6.98. The second-order valence-electron chi connectivity index (χ2n) is 4.64. The molecule has 5 nitrogen and oxygen atoms in total. The van der Waals surface area contributed by atoms with Gasteiger partial charge in [0.1, 0.15) is 0 Å². The molecule has 0 aromatic heterocycles. The van der Waals surface area contributed by atoms with E-state index in [1.165, 1.54) is 0 Å². The summed E-state index contributed by atoms with van der Waals surface area (Å²) in [4.78, 5) is 23.7. The summed E-state index contributed by atoms with van der Waals surface area (Å²) >= 11 is 0. The molecule has 0 heterocycles. The Balaban J connectivity index is 2.66. The molecule has 20 heavy (non-hydrogen) atoms. The Hall–Kier alpha value is -1.88. The summed E-state index contributed by atoms with van der Waals surface area (Å²) in [6.07, 6.45) is 0. The van der Waals surface area contributed by atoms with E-state index in [4.69, 9.17) is 0 Å². The third-order valence-corrected chi connectivity index (χ3v) is 2.88. The van der Waals surface area contributed by atoms with Crippen LogP contribution in [0.15, 0.2) is 24.3 Å². The SMILES string of the molecule is CCNCC(C)C(=O)Nc1cccc(C(=O)NCC)c1. The molecule has 0 aliphatic rings. The van der Waals surface area contributed by atoms with Crippen molar-refractivity contribution in [1.29, 1.82) is 0 Å². The van der Waals surface area contributed by atoms with Crippen molar-refractivity contribution in [2.75, 3.05) is 25.0 Å². The topological polar surface area (TPSA) is 70.2 Å². The van der Waals surface area contributed by atoms with Crippen LogP contribution in [0.2, 0.25) is 0 Å². The number of benzene rings is 1. The molecule has 0 saturated heterocycles. The predicted molar refractivity (Wildman–Crippen MR) is 80.8 cm³/mol. The van der Waals surface area contributed by atoms with E-state index in [0.717, 1.165) is 6.54 Å². The molecule has 110 valence electrons. The fourth-order valence-electron chi connectivity index (χ4n) is 1.72. The Morgan fingerprint density at radius 2 is 1.95 bits per heavy atom. The van der Waals surface area contributed by atoms with Crippen LogP contribution in [0.1, 0.15) is 31.1 Å². The number of amides is 2. The molecule has 2 amide bonds. The molecule has 0 aliphatic carbocycles. The molecule has 1 unspecified atom stereocenters. The molecule has 0 bridgehead atoms. The van der Waals surface area contributed by atoms with Crippen LogP contribution in [0.5, 0.6) is 0 Å². The maximum atomic E-state index is 12.0. The van der Waals surface area contributed by atoms with Crippen molar-refractivity contribution in [3.05, 3.63) is 29.8 Å². The number of hydrogen-bond donors (Lipinski definition) is 3. The highest BCUT2D eigenvalue weighted by molar-refractivity contribution is 5.97. The first-order chi connectivity index (χ1) is 9.58. The van der Waals surface area contributed by atoms with Gasteiger partial charge >= 0.3 is 0 Å². The highest BCUT2D eigenvalue weighted by Crippen LogP contribution is 2.12. The van der Waals surface area contributed by atoms with Gasteiger partial charge in [-0.05, 0) is 31.7 Å². The maximum Gasteiger partial charge on any atom is 0.251 e. The van der Waals surface area contributed by atoms with Crippen molar-refractivity contribution < 1.29 is 9.59 Å². The molecule has 0 aliphatic heterocycles. The molecule has 0 fully saturated rings. The van der Waals surface area contributed by atoms with E-state index in [0.29, 0.717) is 24.3 Å². The number of rotatable bonds is 7. The van der Waals surface area contributed by atoms with Gasteiger partial charge in [-0.1, -0.05) is 19.9 Å². The number of anilines is 1. The average Bonchev–Trinajstić information content (AvgIpc) is 2.45. The van der Waals surface area contributed by atoms with E-state index < -0.39 is 0 Å². The van der Waals surface area contributed by atoms with Gasteiger partial charge in [0.05, 0.1) is 0 Å². The average molecular weight is 277 g/mol. The van der Waals surface area contributed by atoms with Crippen LogP contribution in [-0.2, 0) is 4.79 Å². The van der Waals surface area contributed by atoms with Gasteiger partial charge in [-0.3, -0.25) is 9.59 Å². The van der Waals surface area contributed by atoms with E-state index in [1.807, 2.05) is 20.8 Å². The van der Waals surface area contributed by atoms with Crippen molar-refractivity contribution in [2.24, 2.45) is 5.92 Å². The van der Waals surface area contributed by atoms with Gasteiger partial charge in [-0.15, -0.1) is 0 Å². The Morgan fingerprint density at radius 1 is 1.20 bits per heavy atom. The summed E-state index contributed by atoms with van der Waals surface area (Å²) in [6.45, 7) is 7.79. The van der Waals surface area contributed by atoms with Crippen molar-refractivity contribution in [3.63, 3.8) is 0 Å². The summed E-state index contributed by atoms with van der Waals surface area (Å²) in [5, 5.41) is 8.70. The Bertz CT molecular complexity index is 460. The quantitative estimate of drug-likeness (QED) is 0.709. The van der Waals surface area contributed by atoms with Gasteiger partial charge in [0.25, 0.3) is 5.91 Å². The Kier molecular flexibility index (Phi) is 6.73. The predicted octanol–water partition coefficient (Wildman–Crippen LogP) is 1.62. The van der Waals surface area contributed by atoms with E-state index in [-0.39, 0.29) is 17.7 Å². The highest BCUT2D eigenvalue weighted by Gasteiger charge is 2.13. The normalized spacial score (nSPS) is 11.8. The number of hydrogen-bond acceptors (Lipinski definition) is 3. The first-order valence-electron chi connectivity index (χ1n) is 6.98. The lowest BCUT2D eigenvalue weighted by molar-refractivity contribution is -0.119. The van der Waals surface area contributed by atoms with Gasteiger partial charge in [0.2, 0.25) is 5.91 Å². The van der Waals surface area contributed by atoms with Crippen LogP contribution in [0.25, 0.3) is 0 Å². The van der Waals surface area contributed by atoms with Crippen LogP contribution < -0.4 is 16.0 Å². The molecule has 1 atom stereocenters.